The van der Waals surface area contributed by atoms with E-state index in [4.69, 9.17) is 0 Å². The molecular weight excluding hydrogens is 332 g/mol. The summed E-state index contributed by atoms with van der Waals surface area (Å²) in [6.07, 6.45) is 9.76. The lowest BCUT2D eigenvalue weighted by Crippen LogP contribution is -1.93. The Morgan fingerprint density at radius 1 is 0.852 bits per heavy atom. The van der Waals surface area contributed by atoms with Crippen LogP contribution in [0.5, 0.6) is 11.5 Å². The molecule has 0 spiro atoms. The van der Waals surface area contributed by atoms with Crippen LogP contribution in [-0.2, 0) is 19.3 Å². The van der Waals surface area contributed by atoms with Gasteiger partial charge < -0.3 is 10.2 Å². The third kappa shape index (κ3) is 7.34. The molecule has 0 heterocycles. The first-order valence-electron chi connectivity index (χ1n) is 9.82. The fraction of sp³-hybridized carbons (Fsp3) is 0.360. The number of allylic oxidation sites excluding steroid dienone is 4. The van der Waals surface area contributed by atoms with Gasteiger partial charge in [0.15, 0.2) is 0 Å². The molecule has 0 saturated carbocycles. The van der Waals surface area contributed by atoms with Crippen LogP contribution in [0.4, 0.5) is 0 Å². The molecule has 0 unspecified atom stereocenters. The number of phenols is 2. The van der Waals surface area contributed by atoms with E-state index in [1.807, 2.05) is 6.07 Å². The van der Waals surface area contributed by atoms with Crippen molar-refractivity contribution in [1.29, 1.82) is 0 Å². The quantitative estimate of drug-likeness (QED) is 0.498. The summed E-state index contributed by atoms with van der Waals surface area (Å²) in [5, 5.41) is 20.7. The van der Waals surface area contributed by atoms with E-state index in [1.54, 1.807) is 12.1 Å². The summed E-state index contributed by atoms with van der Waals surface area (Å²) in [7, 11) is 0. The second kappa shape index (κ2) is 10.6. The highest BCUT2D eigenvalue weighted by Crippen LogP contribution is 2.30. The summed E-state index contributed by atoms with van der Waals surface area (Å²) in [5.74, 6) is 0.385. The van der Waals surface area contributed by atoms with Crippen LogP contribution in [0.15, 0.2) is 65.8 Å². The molecule has 27 heavy (non-hydrogen) atoms. The van der Waals surface area contributed by atoms with Crippen LogP contribution in [0.3, 0.4) is 0 Å². The summed E-state index contributed by atoms with van der Waals surface area (Å²) >= 11 is 0. The number of aromatic hydroxyl groups is 2. The van der Waals surface area contributed by atoms with Crippen molar-refractivity contribution < 1.29 is 10.2 Å². The summed E-state index contributed by atoms with van der Waals surface area (Å²) < 4.78 is 0. The van der Waals surface area contributed by atoms with Crippen molar-refractivity contribution in [2.75, 3.05) is 0 Å². The van der Waals surface area contributed by atoms with Gasteiger partial charge in [-0.05, 0) is 82.6 Å². The van der Waals surface area contributed by atoms with Gasteiger partial charge in [-0.2, -0.15) is 0 Å². The van der Waals surface area contributed by atoms with Crippen LogP contribution in [0, 0.1) is 0 Å². The zero-order chi connectivity index (χ0) is 19.6. The van der Waals surface area contributed by atoms with E-state index >= 15 is 0 Å². The maximum Gasteiger partial charge on any atom is 0.123 e. The average molecular weight is 365 g/mol. The van der Waals surface area contributed by atoms with E-state index in [1.165, 1.54) is 16.7 Å². The fourth-order valence-electron chi connectivity index (χ4n) is 3.16. The Hall–Kier alpha value is -2.48. The number of hydrogen-bond donors (Lipinski definition) is 2. The molecule has 0 aromatic heterocycles. The van der Waals surface area contributed by atoms with Crippen molar-refractivity contribution in [1.82, 2.24) is 0 Å². The molecule has 0 radical (unpaired) electrons. The number of phenolic OH excluding ortho intramolecular Hbond substituents is 2. The highest BCUT2D eigenvalue weighted by molar-refractivity contribution is 5.47. The molecule has 144 valence electrons. The number of aryl methyl sites for hydroxylation is 2. The van der Waals surface area contributed by atoms with Gasteiger partial charge in [0, 0.05) is 5.56 Å². The molecule has 0 saturated heterocycles. The molecule has 2 aromatic rings. The van der Waals surface area contributed by atoms with Gasteiger partial charge >= 0.3 is 0 Å². The molecule has 2 nitrogen and oxygen atoms in total. The zero-order valence-electron chi connectivity index (χ0n) is 16.8. The molecule has 2 heteroatoms. The van der Waals surface area contributed by atoms with Crippen LogP contribution in [0.1, 0.15) is 56.7 Å². The van der Waals surface area contributed by atoms with Gasteiger partial charge in [-0.15, -0.1) is 0 Å². The predicted molar refractivity (Wildman–Crippen MR) is 114 cm³/mol. The Morgan fingerprint density at radius 2 is 1.48 bits per heavy atom. The Balaban J connectivity index is 1.92. The van der Waals surface area contributed by atoms with E-state index in [9.17, 15) is 10.2 Å². The lowest BCUT2D eigenvalue weighted by Gasteiger charge is -2.10. The standard InChI is InChI=1S/C25H32O2/c1-19(2)9-7-10-20(3)15-16-23-24(26)17-22(18-25(23)27)14-8-13-21-11-5-4-6-12-21/h4-6,9,11-12,15,17-18,26-27H,7-8,10,13-14,16H2,1-3H3/b20-15+. The lowest BCUT2D eigenvalue weighted by molar-refractivity contribution is 0.439. The lowest BCUT2D eigenvalue weighted by atomic mass is 9.99. The average Bonchev–Trinajstić information content (AvgIpc) is 2.61. The first-order chi connectivity index (χ1) is 13.0. The molecule has 0 atom stereocenters. The molecule has 0 fully saturated rings. The van der Waals surface area contributed by atoms with E-state index < -0.39 is 0 Å². The van der Waals surface area contributed by atoms with E-state index in [0.717, 1.165) is 37.7 Å². The second-order valence-electron chi connectivity index (χ2n) is 7.53. The summed E-state index contributed by atoms with van der Waals surface area (Å²) in [4.78, 5) is 0. The van der Waals surface area contributed by atoms with Crippen LogP contribution in [0.2, 0.25) is 0 Å². The minimum Gasteiger partial charge on any atom is -0.508 e. The van der Waals surface area contributed by atoms with Gasteiger partial charge in [-0.3, -0.25) is 0 Å². The van der Waals surface area contributed by atoms with Gasteiger partial charge in [0.05, 0.1) is 0 Å². The van der Waals surface area contributed by atoms with Crippen molar-refractivity contribution in [3.8, 4) is 11.5 Å². The fourth-order valence-corrected chi connectivity index (χ4v) is 3.16. The largest absolute Gasteiger partial charge is 0.508 e. The third-order valence-corrected chi connectivity index (χ3v) is 4.78. The predicted octanol–water partition coefficient (Wildman–Crippen LogP) is 6.51. The van der Waals surface area contributed by atoms with Crippen molar-refractivity contribution in [3.05, 3.63) is 82.5 Å². The monoisotopic (exact) mass is 364 g/mol. The Kier molecular flexibility index (Phi) is 8.19. The molecule has 0 aliphatic rings. The molecule has 0 bridgehead atoms. The Morgan fingerprint density at radius 3 is 2.11 bits per heavy atom. The first kappa shape index (κ1) is 20.8. The van der Waals surface area contributed by atoms with Gasteiger partial charge in [-0.1, -0.05) is 53.6 Å². The summed E-state index contributed by atoms with van der Waals surface area (Å²) in [6, 6.07) is 14.0. The van der Waals surface area contributed by atoms with Crippen LogP contribution in [0.25, 0.3) is 0 Å². The molecule has 0 aliphatic carbocycles. The second-order valence-corrected chi connectivity index (χ2v) is 7.53. The van der Waals surface area contributed by atoms with Crippen molar-refractivity contribution in [2.24, 2.45) is 0 Å². The topological polar surface area (TPSA) is 40.5 Å². The first-order valence-corrected chi connectivity index (χ1v) is 9.82. The van der Waals surface area contributed by atoms with Gasteiger partial charge in [-0.25, -0.2) is 0 Å². The minimum atomic E-state index is 0.193. The molecule has 0 aliphatic heterocycles. The van der Waals surface area contributed by atoms with E-state index in [2.05, 4.69) is 57.2 Å². The maximum atomic E-state index is 10.4. The highest BCUT2D eigenvalue weighted by atomic mass is 16.3. The van der Waals surface area contributed by atoms with Crippen molar-refractivity contribution in [2.45, 2.75) is 59.3 Å². The highest BCUT2D eigenvalue weighted by Gasteiger charge is 2.09. The molecule has 0 amide bonds. The molecule has 2 aromatic carbocycles. The Labute approximate surface area is 163 Å². The van der Waals surface area contributed by atoms with E-state index in [-0.39, 0.29) is 11.5 Å². The summed E-state index contributed by atoms with van der Waals surface area (Å²) in [5.41, 5.74) is 5.52. The number of hydrogen-bond acceptors (Lipinski definition) is 2. The van der Waals surface area contributed by atoms with Crippen LogP contribution >= 0.6 is 0 Å². The molecule has 2 N–H and O–H groups in total. The molecular formula is C25H32O2. The SMILES string of the molecule is CC(C)=CCC/C(C)=C/Cc1c(O)cc(CCCc2ccccc2)cc1O. The van der Waals surface area contributed by atoms with Gasteiger partial charge in [0.25, 0.3) is 0 Å². The normalized spacial score (nSPS) is 11.4. The smallest absolute Gasteiger partial charge is 0.123 e. The van der Waals surface area contributed by atoms with Crippen LogP contribution < -0.4 is 0 Å². The van der Waals surface area contributed by atoms with Gasteiger partial charge in [0.2, 0.25) is 0 Å². The number of benzene rings is 2. The maximum absolute atomic E-state index is 10.4. The van der Waals surface area contributed by atoms with Gasteiger partial charge in [0.1, 0.15) is 11.5 Å². The van der Waals surface area contributed by atoms with Crippen LogP contribution in [-0.4, -0.2) is 10.2 Å². The zero-order valence-corrected chi connectivity index (χ0v) is 16.8. The van der Waals surface area contributed by atoms with Crippen molar-refractivity contribution >= 4 is 0 Å². The van der Waals surface area contributed by atoms with E-state index in [0.29, 0.717) is 12.0 Å². The molecule has 2 rings (SSSR count). The summed E-state index contributed by atoms with van der Waals surface area (Å²) in [6.45, 7) is 6.32. The number of rotatable bonds is 9. The third-order valence-electron chi connectivity index (χ3n) is 4.78. The van der Waals surface area contributed by atoms with Crippen molar-refractivity contribution in [3.63, 3.8) is 0 Å². The Bertz CT molecular complexity index is 758. The minimum absolute atomic E-state index is 0.193.